The van der Waals surface area contributed by atoms with E-state index in [0.29, 0.717) is 12.5 Å². The maximum Gasteiger partial charge on any atom is 0.217 e. The lowest BCUT2D eigenvalue weighted by Crippen LogP contribution is -2.02. The van der Waals surface area contributed by atoms with E-state index in [2.05, 4.69) is 11.9 Å². The zero-order chi connectivity index (χ0) is 15.8. The largest absolute Gasteiger partial charge is 0.493 e. The summed E-state index contributed by atoms with van der Waals surface area (Å²) >= 11 is 0. The third-order valence-corrected chi connectivity index (χ3v) is 3.59. The van der Waals surface area contributed by atoms with E-state index in [1.165, 1.54) is 12.8 Å². The number of nitrogen functional groups attached to an aromatic ring is 1. The molecule has 0 aliphatic carbocycles. The number of hydrogen-bond acceptors (Lipinski definition) is 4. The van der Waals surface area contributed by atoms with Crippen LogP contribution in [0.2, 0.25) is 0 Å². The topological polar surface area (TPSA) is 57.4 Å². The Morgan fingerprint density at radius 3 is 2.82 bits per heavy atom. The van der Waals surface area contributed by atoms with Crippen molar-refractivity contribution in [2.75, 3.05) is 12.3 Å². The summed E-state index contributed by atoms with van der Waals surface area (Å²) in [5.41, 5.74) is 8.80. The summed E-state index contributed by atoms with van der Waals surface area (Å²) in [7, 11) is 0. The minimum absolute atomic E-state index is 0.448. The Bertz CT molecular complexity index is 599. The predicted molar refractivity (Wildman–Crippen MR) is 89.2 cm³/mol. The van der Waals surface area contributed by atoms with Gasteiger partial charge in [0.05, 0.1) is 6.61 Å². The van der Waals surface area contributed by atoms with E-state index < -0.39 is 0 Å². The minimum Gasteiger partial charge on any atom is -0.493 e. The molecule has 0 aliphatic rings. The zero-order valence-electron chi connectivity index (χ0n) is 13.3. The maximum atomic E-state index is 5.90. The number of hydrogen-bond donors (Lipinski definition) is 1. The van der Waals surface area contributed by atoms with E-state index in [4.69, 9.17) is 15.2 Å². The monoisotopic (exact) mass is 300 g/mol. The first-order valence-electron chi connectivity index (χ1n) is 7.76. The molecule has 0 saturated heterocycles. The highest BCUT2D eigenvalue weighted by molar-refractivity contribution is 5.49. The Hall–Kier alpha value is -2.23. The molecule has 2 aromatic rings. The number of nitrogens with zero attached hydrogens (tertiary/aromatic N) is 1. The summed E-state index contributed by atoms with van der Waals surface area (Å²) in [6.07, 6.45) is 5.14. The van der Waals surface area contributed by atoms with Crippen molar-refractivity contribution in [3.8, 4) is 11.6 Å². The highest BCUT2D eigenvalue weighted by Gasteiger charge is 2.04. The van der Waals surface area contributed by atoms with Crippen molar-refractivity contribution in [3.63, 3.8) is 0 Å². The molecular formula is C18H24N2O2. The highest BCUT2D eigenvalue weighted by Crippen LogP contribution is 2.20. The van der Waals surface area contributed by atoms with Crippen LogP contribution in [0, 0.1) is 6.92 Å². The minimum atomic E-state index is 0.448. The molecule has 0 fully saturated rings. The van der Waals surface area contributed by atoms with Gasteiger partial charge in [-0.15, -0.1) is 0 Å². The molecule has 1 aromatic carbocycles. The van der Waals surface area contributed by atoms with Crippen molar-refractivity contribution in [3.05, 3.63) is 47.7 Å². The molecule has 0 radical (unpaired) electrons. The average Bonchev–Trinajstić information content (AvgIpc) is 2.53. The van der Waals surface area contributed by atoms with Crippen LogP contribution in [-0.2, 0) is 6.61 Å². The number of anilines is 1. The molecule has 0 atom stereocenters. The molecular weight excluding hydrogens is 276 g/mol. The van der Waals surface area contributed by atoms with Crippen LogP contribution in [0.1, 0.15) is 37.3 Å². The molecule has 22 heavy (non-hydrogen) atoms. The SMILES string of the molecule is CCCCCOc1ccnc(OCc2cccc(N)c2C)c1. The first kappa shape index (κ1) is 16.1. The first-order chi connectivity index (χ1) is 10.7. The van der Waals surface area contributed by atoms with E-state index >= 15 is 0 Å². The van der Waals surface area contributed by atoms with Crippen LogP contribution in [0.5, 0.6) is 11.6 Å². The van der Waals surface area contributed by atoms with E-state index in [1.54, 1.807) is 6.20 Å². The van der Waals surface area contributed by atoms with Crippen molar-refractivity contribution in [2.24, 2.45) is 0 Å². The molecule has 2 N–H and O–H groups in total. The van der Waals surface area contributed by atoms with E-state index in [-0.39, 0.29) is 0 Å². The van der Waals surface area contributed by atoms with E-state index in [0.717, 1.165) is 35.6 Å². The van der Waals surface area contributed by atoms with Gasteiger partial charge in [0, 0.05) is 18.0 Å². The second-order valence-electron chi connectivity index (χ2n) is 5.31. The van der Waals surface area contributed by atoms with Crippen LogP contribution >= 0.6 is 0 Å². The summed E-state index contributed by atoms with van der Waals surface area (Å²) in [4.78, 5) is 4.22. The summed E-state index contributed by atoms with van der Waals surface area (Å²) < 4.78 is 11.5. The van der Waals surface area contributed by atoms with Gasteiger partial charge in [-0.25, -0.2) is 4.98 Å². The maximum absolute atomic E-state index is 5.90. The number of rotatable bonds is 8. The van der Waals surface area contributed by atoms with Crippen LogP contribution < -0.4 is 15.2 Å². The predicted octanol–water partition coefficient (Wildman–Crippen LogP) is 4.12. The van der Waals surface area contributed by atoms with Crippen molar-refractivity contribution >= 4 is 5.69 Å². The molecule has 0 bridgehead atoms. The molecule has 4 heteroatoms. The molecule has 1 heterocycles. The molecule has 2 rings (SSSR count). The smallest absolute Gasteiger partial charge is 0.217 e. The van der Waals surface area contributed by atoms with Crippen molar-refractivity contribution < 1.29 is 9.47 Å². The molecule has 118 valence electrons. The van der Waals surface area contributed by atoms with Gasteiger partial charge in [-0.1, -0.05) is 31.9 Å². The number of ether oxygens (including phenoxy) is 2. The number of pyridine rings is 1. The fourth-order valence-corrected chi connectivity index (χ4v) is 2.11. The van der Waals surface area contributed by atoms with Gasteiger partial charge in [-0.05, 0) is 36.6 Å². The molecule has 1 aromatic heterocycles. The molecule has 0 unspecified atom stereocenters. The Kier molecular flexibility index (Phi) is 6.07. The molecule has 0 aliphatic heterocycles. The average molecular weight is 300 g/mol. The Morgan fingerprint density at radius 2 is 2.00 bits per heavy atom. The molecule has 4 nitrogen and oxygen atoms in total. The number of unbranched alkanes of at least 4 members (excludes halogenated alkanes) is 2. The van der Waals surface area contributed by atoms with Crippen molar-refractivity contribution in [1.29, 1.82) is 0 Å². The van der Waals surface area contributed by atoms with E-state index in [9.17, 15) is 0 Å². The zero-order valence-corrected chi connectivity index (χ0v) is 13.3. The lowest BCUT2D eigenvalue weighted by atomic mass is 10.1. The van der Waals surface area contributed by atoms with Gasteiger partial charge >= 0.3 is 0 Å². The Labute approximate surface area is 132 Å². The number of benzene rings is 1. The van der Waals surface area contributed by atoms with Crippen LogP contribution in [0.25, 0.3) is 0 Å². The number of nitrogens with two attached hydrogens (primary N) is 1. The van der Waals surface area contributed by atoms with Crippen LogP contribution in [-0.4, -0.2) is 11.6 Å². The summed E-state index contributed by atoms with van der Waals surface area (Å²) in [6, 6.07) is 9.51. The second-order valence-corrected chi connectivity index (χ2v) is 5.31. The quantitative estimate of drug-likeness (QED) is 0.588. The van der Waals surface area contributed by atoms with Gasteiger partial charge in [-0.2, -0.15) is 0 Å². The fraction of sp³-hybridized carbons (Fsp3) is 0.389. The van der Waals surface area contributed by atoms with Crippen molar-refractivity contribution in [2.45, 2.75) is 39.7 Å². The third kappa shape index (κ3) is 4.65. The van der Waals surface area contributed by atoms with Gasteiger partial charge < -0.3 is 15.2 Å². The third-order valence-electron chi connectivity index (χ3n) is 3.59. The second kappa shape index (κ2) is 8.27. The van der Waals surface area contributed by atoms with Crippen LogP contribution in [0.4, 0.5) is 5.69 Å². The van der Waals surface area contributed by atoms with Crippen LogP contribution in [0.15, 0.2) is 36.5 Å². The lowest BCUT2D eigenvalue weighted by molar-refractivity contribution is 0.281. The first-order valence-corrected chi connectivity index (χ1v) is 7.76. The standard InChI is InChI=1S/C18H24N2O2/c1-3-4-5-11-21-16-9-10-20-18(12-16)22-13-15-7-6-8-17(19)14(15)2/h6-10,12H,3-5,11,13,19H2,1-2H3. The summed E-state index contributed by atoms with van der Waals surface area (Å²) in [5, 5.41) is 0. The summed E-state index contributed by atoms with van der Waals surface area (Å²) in [5.74, 6) is 1.36. The fourth-order valence-electron chi connectivity index (χ4n) is 2.11. The Morgan fingerprint density at radius 1 is 1.14 bits per heavy atom. The Balaban J connectivity index is 1.91. The molecule has 0 spiro atoms. The summed E-state index contributed by atoms with van der Waals surface area (Å²) in [6.45, 7) is 5.35. The van der Waals surface area contributed by atoms with E-state index in [1.807, 2.05) is 37.3 Å². The van der Waals surface area contributed by atoms with Gasteiger partial charge in [-0.3, -0.25) is 0 Å². The molecule has 0 saturated carbocycles. The van der Waals surface area contributed by atoms with Crippen molar-refractivity contribution in [1.82, 2.24) is 4.98 Å². The van der Waals surface area contributed by atoms with Gasteiger partial charge in [0.15, 0.2) is 0 Å². The molecule has 0 amide bonds. The lowest BCUT2D eigenvalue weighted by Gasteiger charge is -2.11. The van der Waals surface area contributed by atoms with Gasteiger partial charge in [0.2, 0.25) is 5.88 Å². The highest BCUT2D eigenvalue weighted by atomic mass is 16.5. The normalized spacial score (nSPS) is 10.5. The van der Waals surface area contributed by atoms with Gasteiger partial charge in [0.1, 0.15) is 12.4 Å². The van der Waals surface area contributed by atoms with Crippen LogP contribution in [0.3, 0.4) is 0 Å². The number of aromatic nitrogens is 1. The van der Waals surface area contributed by atoms with Gasteiger partial charge in [0.25, 0.3) is 0 Å².